The first-order valence-corrected chi connectivity index (χ1v) is 10.8. The molecule has 0 bridgehead atoms. The van der Waals surface area contributed by atoms with Gasteiger partial charge in [-0.2, -0.15) is 0 Å². The number of hydrogen-bond acceptors (Lipinski definition) is 3. The van der Waals surface area contributed by atoms with Crippen LogP contribution in [0.15, 0.2) is 0 Å². The number of hydrogen-bond donors (Lipinski definition) is 1. The molecular formula is C18H39O4P. The van der Waals surface area contributed by atoms with Gasteiger partial charge in [0.1, 0.15) is 0 Å². The lowest BCUT2D eigenvalue weighted by Gasteiger charge is -2.27. The summed E-state index contributed by atoms with van der Waals surface area (Å²) in [5, 5.41) is 0. The lowest BCUT2D eigenvalue weighted by molar-refractivity contribution is 0.0958. The smallest absolute Gasteiger partial charge is 0.302 e. The Kier molecular flexibility index (Phi) is 12.5. The lowest BCUT2D eigenvalue weighted by atomic mass is 9.83. The molecule has 1 N–H and O–H groups in total. The fourth-order valence-corrected chi connectivity index (χ4v) is 3.94. The number of rotatable bonds is 14. The molecule has 4 unspecified atom stereocenters. The van der Waals surface area contributed by atoms with Crippen LogP contribution < -0.4 is 0 Å². The molecule has 4 atom stereocenters. The Morgan fingerprint density at radius 2 is 1.57 bits per heavy atom. The monoisotopic (exact) mass is 350 g/mol. The fourth-order valence-electron chi connectivity index (χ4n) is 3.15. The van der Waals surface area contributed by atoms with E-state index in [9.17, 15) is 9.46 Å². The summed E-state index contributed by atoms with van der Waals surface area (Å²) in [6.07, 6.45) is 6.42. The lowest BCUT2D eigenvalue weighted by Crippen LogP contribution is -2.23. The number of phosphoric ester groups is 1. The fraction of sp³-hybridized carbons (Fsp3) is 1.00. The predicted molar refractivity (Wildman–Crippen MR) is 97.4 cm³/mol. The van der Waals surface area contributed by atoms with E-state index in [1.165, 1.54) is 12.8 Å². The molecule has 0 rings (SSSR count). The van der Waals surface area contributed by atoms with E-state index < -0.39 is 7.82 Å². The Bertz CT molecular complexity index is 333. The Hall–Kier alpha value is 0.110. The Morgan fingerprint density at radius 1 is 0.957 bits per heavy atom. The molecule has 5 heteroatoms. The summed E-state index contributed by atoms with van der Waals surface area (Å²) in [6, 6.07) is 0. The van der Waals surface area contributed by atoms with Crippen molar-refractivity contribution in [3.63, 3.8) is 0 Å². The normalized spacial score (nSPS) is 18.6. The van der Waals surface area contributed by atoms with Crippen LogP contribution in [0, 0.1) is 23.7 Å². The second-order valence-corrected chi connectivity index (χ2v) is 8.76. The quantitative estimate of drug-likeness (QED) is 0.306. The molecular weight excluding hydrogens is 311 g/mol. The highest BCUT2D eigenvalue weighted by atomic mass is 31.2. The zero-order valence-corrected chi connectivity index (χ0v) is 17.0. The van der Waals surface area contributed by atoms with Crippen molar-refractivity contribution in [3.05, 3.63) is 0 Å². The van der Waals surface area contributed by atoms with Gasteiger partial charge in [-0.3, -0.25) is 9.05 Å². The van der Waals surface area contributed by atoms with Crippen LogP contribution in [0.4, 0.5) is 0 Å². The van der Waals surface area contributed by atoms with E-state index in [1.54, 1.807) is 0 Å². The van der Waals surface area contributed by atoms with E-state index in [2.05, 4.69) is 41.5 Å². The van der Waals surface area contributed by atoms with Crippen molar-refractivity contribution in [2.75, 3.05) is 13.2 Å². The van der Waals surface area contributed by atoms with Gasteiger partial charge in [-0.1, -0.05) is 67.2 Å². The third kappa shape index (κ3) is 11.3. The molecule has 0 amide bonds. The molecule has 140 valence electrons. The van der Waals surface area contributed by atoms with Gasteiger partial charge in [0.25, 0.3) is 0 Å². The van der Waals surface area contributed by atoms with E-state index >= 15 is 0 Å². The van der Waals surface area contributed by atoms with Gasteiger partial charge in [0, 0.05) is 0 Å². The summed E-state index contributed by atoms with van der Waals surface area (Å²) in [4.78, 5) is 9.84. The van der Waals surface area contributed by atoms with Gasteiger partial charge in [-0.05, 0) is 36.5 Å². The standard InChI is InChI=1S/C18H39O4P/c1-7-10-16(5)12-9-13-21-23(19,20)22-14-18(15(3)4)17(6)11-8-2/h15-18H,7-14H2,1-6H3,(H,19,20). The van der Waals surface area contributed by atoms with Crippen molar-refractivity contribution in [2.24, 2.45) is 23.7 Å². The summed E-state index contributed by atoms with van der Waals surface area (Å²) in [6.45, 7) is 13.6. The molecule has 0 saturated heterocycles. The van der Waals surface area contributed by atoms with Crippen molar-refractivity contribution < 1.29 is 18.5 Å². The third-order valence-electron chi connectivity index (χ3n) is 4.64. The Balaban J connectivity index is 4.16. The molecule has 0 aliphatic heterocycles. The van der Waals surface area contributed by atoms with Gasteiger partial charge in [-0.15, -0.1) is 0 Å². The van der Waals surface area contributed by atoms with Crippen molar-refractivity contribution >= 4 is 7.82 Å². The first kappa shape index (κ1) is 23.1. The van der Waals surface area contributed by atoms with Crippen molar-refractivity contribution in [2.45, 2.75) is 80.1 Å². The summed E-state index contributed by atoms with van der Waals surface area (Å²) in [5.74, 6) is 1.83. The molecule has 0 heterocycles. The summed E-state index contributed by atoms with van der Waals surface area (Å²) < 4.78 is 22.4. The molecule has 0 aromatic rings. The van der Waals surface area contributed by atoms with Crippen LogP contribution in [0.2, 0.25) is 0 Å². The summed E-state index contributed by atoms with van der Waals surface area (Å²) >= 11 is 0. The first-order valence-electron chi connectivity index (χ1n) is 9.35. The van der Waals surface area contributed by atoms with Crippen LogP contribution in [0.1, 0.15) is 80.1 Å². The second-order valence-electron chi connectivity index (χ2n) is 7.31. The van der Waals surface area contributed by atoms with E-state index in [4.69, 9.17) is 9.05 Å². The van der Waals surface area contributed by atoms with Gasteiger partial charge >= 0.3 is 7.82 Å². The maximum absolute atomic E-state index is 12.0. The molecule has 0 saturated carbocycles. The van der Waals surface area contributed by atoms with Crippen molar-refractivity contribution in [1.29, 1.82) is 0 Å². The molecule has 0 radical (unpaired) electrons. The Morgan fingerprint density at radius 3 is 2.09 bits per heavy atom. The van der Waals surface area contributed by atoms with Crippen LogP contribution in [-0.4, -0.2) is 18.1 Å². The van der Waals surface area contributed by atoms with Gasteiger partial charge in [0.15, 0.2) is 0 Å². The average Bonchev–Trinajstić information content (AvgIpc) is 2.44. The minimum Gasteiger partial charge on any atom is -0.302 e. The van der Waals surface area contributed by atoms with Crippen molar-refractivity contribution in [1.82, 2.24) is 0 Å². The molecule has 0 aromatic heterocycles. The molecule has 0 fully saturated rings. The van der Waals surface area contributed by atoms with E-state index in [1.807, 2.05) is 0 Å². The highest BCUT2D eigenvalue weighted by Gasteiger charge is 2.27. The molecule has 0 aromatic carbocycles. The van der Waals surface area contributed by atoms with E-state index in [0.29, 0.717) is 31.0 Å². The van der Waals surface area contributed by atoms with Crippen LogP contribution in [0.25, 0.3) is 0 Å². The molecule has 0 aliphatic rings. The van der Waals surface area contributed by atoms with Gasteiger partial charge in [-0.25, -0.2) is 4.57 Å². The third-order valence-corrected chi connectivity index (χ3v) is 5.62. The number of phosphoric acid groups is 1. The highest BCUT2D eigenvalue weighted by Crippen LogP contribution is 2.45. The first-order chi connectivity index (χ1) is 10.7. The Labute approximate surface area is 144 Å². The zero-order valence-electron chi connectivity index (χ0n) is 16.1. The zero-order chi connectivity index (χ0) is 17.9. The van der Waals surface area contributed by atoms with Crippen LogP contribution >= 0.6 is 7.82 Å². The summed E-state index contributed by atoms with van der Waals surface area (Å²) in [5.41, 5.74) is 0. The topological polar surface area (TPSA) is 55.8 Å². The molecule has 4 nitrogen and oxygen atoms in total. The van der Waals surface area contributed by atoms with Crippen LogP contribution in [0.3, 0.4) is 0 Å². The van der Waals surface area contributed by atoms with Gasteiger partial charge in [0.2, 0.25) is 0 Å². The second kappa shape index (κ2) is 12.5. The maximum Gasteiger partial charge on any atom is 0.472 e. The van der Waals surface area contributed by atoms with Gasteiger partial charge in [0.05, 0.1) is 13.2 Å². The van der Waals surface area contributed by atoms with E-state index in [-0.39, 0.29) is 5.92 Å². The predicted octanol–water partition coefficient (Wildman–Crippen LogP) is 6.04. The van der Waals surface area contributed by atoms with E-state index in [0.717, 1.165) is 25.7 Å². The van der Waals surface area contributed by atoms with Gasteiger partial charge < -0.3 is 4.89 Å². The minimum atomic E-state index is -3.92. The maximum atomic E-state index is 12.0. The summed E-state index contributed by atoms with van der Waals surface area (Å²) in [7, 11) is -3.92. The largest absolute Gasteiger partial charge is 0.472 e. The molecule has 0 spiro atoms. The minimum absolute atomic E-state index is 0.281. The molecule has 23 heavy (non-hydrogen) atoms. The van der Waals surface area contributed by atoms with Crippen molar-refractivity contribution in [3.8, 4) is 0 Å². The SMILES string of the molecule is CCCC(C)CCCOP(=O)(O)OCC(C(C)C)C(C)CCC. The van der Waals surface area contributed by atoms with Crippen LogP contribution in [-0.2, 0) is 13.6 Å². The molecule has 0 aliphatic carbocycles. The van der Waals surface area contributed by atoms with Crippen LogP contribution in [0.5, 0.6) is 0 Å². The average molecular weight is 350 g/mol. The highest BCUT2D eigenvalue weighted by molar-refractivity contribution is 7.47.